The first kappa shape index (κ1) is 17.7. The Kier molecular flexibility index (Phi) is 5.34. The van der Waals surface area contributed by atoms with Crippen LogP contribution in [0.25, 0.3) is 10.9 Å². The molecular formula is C19H17ClN4O2. The van der Waals surface area contributed by atoms with Gasteiger partial charge in [0.15, 0.2) is 0 Å². The van der Waals surface area contributed by atoms with E-state index in [0.717, 1.165) is 22.2 Å². The topological polar surface area (TPSA) is 86.3 Å². The highest BCUT2D eigenvalue weighted by Gasteiger charge is 2.08. The minimum Gasteiger partial charge on any atom is -0.358 e. The summed E-state index contributed by atoms with van der Waals surface area (Å²) < 4.78 is 0. The standard InChI is InChI=1S/C19H17ClN4O2/c1-12-16(15-4-2-3-5-17(15)23-12)10-22-24-18(25)11-21-19(26)13-6-8-14(20)9-7-13/h2-10,23H,11H2,1H3,(H,21,26)(H,24,25). The van der Waals surface area contributed by atoms with E-state index >= 15 is 0 Å². The van der Waals surface area contributed by atoms with Gasteiger partial charge in [0.1, 0.15) is 0 Å². The number of aromatic nitrogens is 1. The smallest absolute Gasteiger partial charge is 0.259 e. The van der Waals surface area contributed by atoms with E-state index in [-0.39, 0.29) is 12.5 Å². The summed E-state index contributed by atoms with van der Waals surface area (Å²) in [4.78, 5) is 27.0. The molecule has 0 saturated carbocycles. The maximum absolute atomic E-state index is 11.9. The summed E-state index contributed by atoms with van der Waals surface area (Å²) in [5.41, 5.74) is 5.71. The maximum atomic E-state index is 11.9. The lowest BCUT2D eigenvalue weighted by molar-refractivity contribution is -0.120. The summed E-state index contributed by atoms with van der Waals surface area (Å²) in [5, 5.41) is 8.07. The number of aryl methyl sites for hydroxylation is 1. The van der Waals surface area contributed by atoms with Crippen molar-refractivity contribution in [1.82, 2.24) is 15.7 Å². The molecule has 0 saturated heterocycles. The average Bonchev–Trinajstić information content (AvgIpc) is 2.96. The van der Waals surface area contributed by atoms with Crippen molar-refractivity contribution in [1.29, 1.82) is 0 Å². The Morgan fingerprint density at radius 1 is 1.15 bits per heavy atom. The van der Waals surface area contributed by atoms with Crippen LogP contribution in [0.3, 0.4) is 0 Å². The Bertz CT molecular complexity index is 977. The van der Waals surface area contributed by atoms with E-state index < -0.39 is 5.91 Å². The number of para-hydroxylation sites is 1. The summed E-state index contributed by atoms with van der Waals surface area (Å²) in [7, 11) is 0. The molecule has 1 heterocycles. The molecule has 0 aliphatic rings. The number of nitrogens with zero attached hydrogens (tertiary/aromatic N) is 1. The molecule has 0 aliphatic heterocycles. The lowest BCUT2D eigenvalue weighted by Crippen LogP contribution is -2.34. The third kappa shape index (κ3) is 4.10. The van der Waals surface area contributed by atoms with Gasteiger partial charge in [0.2, 0.25) is 0 Å². The first-order valence-electron chi connectivity index (χ1n) is 7.97. The Labute approximate surface area is 155 Å². The predicted molar refractivity (Wildman–Crippen MR) is 103 cm³/mol. The zero-order chi connectivity index (χ0) is 18.5. The van der Waals surface area contributed by atoms with E-state index in [9.17, 15) is 9.59 Å². The van der Waals surface area contributed by atoms with Gasteiger partial charge >= 0.3 is 0 Å². The quantitative estimate of drug-likeness (QED) is 0.477. The first-order chi connectivity index (χ1) is 12.5. The molecule has 0 spiro atoms. The lowest BCUT2D eigenvalue weighted by Gasteiger charge is -2.04. The predicted octanol–water partition coefficient (Wildman–Crippen LogP) is 3.01. The fourth-order valence-electron chi connectivity index (χ4n) is 2.54. The molecular weight excluding hydrogens is 352 g/mol. The highest BCUT2D eigenvalue weighted by Crippen LogP contribution is 2.19. The number of aromatic amines is 1. The fourth-order valence-corrected chi connectivity index (χ4v) is 2.66. The molecule has 6 nitrogen and oxygen atoms in total. The van der Waals surface area contributed by atoms with Crippen molar-refractivity contribution in [2.24, 2.45) is 5.10 Å². The van der Waals surface area contributed by atoms with Crippen LogP contribution in [0.5, 0.6) is 0 Å². The number of rotatable bonds is 5. The summed E-state index contributed by atoms with van der Waals surface area (Å²) in [6, 6.07) is 14.3. The van der Waals surface area contributed by atoms with Crippen LogP contribution < -0.4 is 10.7 Å². The van der Waals surface area contributed by atoms with Crippen LogP contribution in [0.2, 0.25) is 5.02 Å². The van der Waals surface area contributed by atoms with Crippen LogP contribution in [0, 0.1) is 6.92 Å². The van der Waals surface area contributed by atoms with Gasteiger partial charge in [0, 0.05) is 32.7 Å². The Hall–Kier alpha value is -3.12. The van der Waals surface area contributed by atoms with E-state index in [1.165, 1.54) is 0 Å². The van der Waals surface area contributed by atoms with Crippen LogP contribution in [0.15, 0.2) is 53.6 Å². The second-order valence-corrected chi connectivity index (χ2v) is 6.13. The highest BCUT2D eigenvalue weighted by molar-refractivity contribution is 6.30. The molecule has 132 valence electrons. The van der Waals surface area contributed by atoms with E-state index in [4.69, 9.17) is 11.6 Å². The summed E-state index contributed by atoms with van der Waals surface area (Å²) >= 11 is 5.78. The van der Waals surface area contributed by atoms with Crippen LogP contribution in [0.1, 0.15) is 21.6 Å². The normalized spacial score (nSPS) is 11.0. The van der Waals surface area contributed by atoms with Gasteiger partial charge in [-0.05, 0) is 37.3 Å². The average molecular weight is 369 g/mol. The maximum Gasteiger partial charge on any atom is 0.259 e. The van der Waals surface area contributed by atoms with Gasteiger partial charge in [-0.3, -0.25) is 9.59 Å². The van der Waals surface area contributed by atoms with Crippen molar-refractivity contribution >= 4 is 40.5 Å². The van der Waals surface area contributed by atoms with Crippen molar-refractivity contribution in [2.75, 3.05) is 6.54 Å². The largest absolute Gasteiger partial charge is 0.358 e. The number of hydrazone groups is 1. The van der Waals surface area contributed by atoms with Crippen molar-refractivity contribution in [3.05, 3.63) is 70.4 Å². The second kappa shape index (κ2) is 7.84. The number of nitrogens with one attached hydrogen (secondary N) is 3. The number of benzene rings is 2. The van der Waals surface area contributed by atoms with Gasteiger partial charge < -0.3 is 10.3 Å². The number of carbonyl (C=O) groups excluding carboxylic acids is 2. The Balaban J connectivity index is 1.55. The van der Waals surface area contributed by atoms with Crippen molar-refractivity contribution in [2.45, 2.75) is 6.92 Å². The third-order valence-corrected chi connectivity index (χ3v) is 4.09. The Morgan fingerprint density at radius 2 is 1.88 bits per heavy atom. The molecule has 0 radical (unpaired) electrons. The van der Waals surface area contributed by atoms with Crippen LogP contribution >= 0.6 is 11.6 Å². The van der Waals surface area contributed by atoms with Crippen molar-refractivity contribution in [3.8, 4) is 0 Å². The number of carbonyl (C=O) groups is 2. The van der Waals surface area contributed by atoms with Gasteiger partial charge in [0.05, 0.1) is 12.8 Å². The molecule has 0 unspecified atom stereocenters. The van der Waals surface area contributed by atoms with Crippen LogP contribution in [-0.2, 0) is 4.79 Å². The molecule has 2 amide bonds. The molecule has 0 bridgehead atoms. The lowest BCUT2D eigenvalue weighted by atomic mass is 10.1. The molecule has 1 aromatic heterocycles. The van der Waals surface area contributed by atoms with Crippen LogP contribution in [-0.4, -0.2) is 29.6 Å². The molecule has 0 fully saturated rings. The second-order valence-electron chi connectivity index (χ2n) is 5.69. The minimum atomic E-state index is -0.416. The third-order valence-electron chi connectivity index (χ3n) is 3.84. The number of H-pyrrole nitrogens is 1. The molecule has 3 N–H and O–H groups in total. The summed E-state index contributed by atoms with van der Waals surface area (Å²) in [5.74, 6) is -0.769. The molecule has 2 aromatic carbocycles. The van der Waals surface area contributed by atoms with Gasteiger partial charge in [-0.1, -0.05) is 29.8 Å². The molecule has 0 atom stereocenters. The SMILES string of the molecule is Cc1[nH]c2ccccc2c1C=NNC(=O)CNC(=O)c1ccc(Cl)cc1. The molecule has 3 rings (SSSR count). The van der Waals surface area contributed by atoms with Crippen molar-refractivity contribution < 1.29 is 9.59 Å². The summed E-state index contributed by atoms with van der Waals surface area (Å²) in [6.45, 7) is 1.77. The van der Waals surface area contributed by atoms with Gasteiger partial charge in [0.25, 0.3) is 11.8 Å². The molecule has 26 heavy (non-hydrogen) atoms. The molecule has 3 aromatic rings. The van der Waals surface area contributed by atoms with Crippen molar-refractivity contribution in [3.63, 3.8) is 0 Å². The number of halogens is 1. The summed E-state index contributed by atoms with van der Waals surface area (Å²) in [6.07, 6.45) is 1.59. The zero-order valence-electron chi connectivity index (χ0n) is 14.0. The van der Waals surface area contributed by atoms with Gasteiger partial charge in [-0.2, -0.15) is 5.10 Å². The zero-order valence-corrected chi connectivity index (χ0v) is 14.8. The highest BCUT2D eigenvalue weighted by atomic mass is 35.5. The molecule has 7 heteroatoms. The van der Waals surface area contributed by atoms with E-state index in [2.05, 4.69) is 20.8 Å². The van der Waals surface area contributed by atoms with Gasteiger partial charge in [-0.15, -0.1) is 0 Å². The first-order valence-corrected chi connectivity index (χ1v) is 8.35. The Morgan fingerprint density at radius 3 is 2.65 bits per heavy atom. The fraction of sp³-hybridized carbons (Fsp3) is 0.105. The monoisotopic (exact) mass is 368 g/mol. The van der Waals surface area contributed by atoms with Crippen LogP contribution in [0.4, 0.5) is 0 Å². The number of fused-ring (bicyclic) bond motifs is 1. The minimum absolute atomic E-state index is 0.175. The number of hydrogen-bond acceptors (Lipinski definition) is 3. The molecule has 0 aliphatic carbocycles. The van der Waals surface area contributed by atoms with E-state index in [1.54, 1.807) is 30.5 Å². The number of amides is 2. The number of hydrogen-bond donors (Lipinski definition) is 3. The van der Waals surface area contributed by atoms with Gasteiger partial charge in [-0.25, -0.2) is 5.43 Å². The van der Waals surface area contributed by atoms with E-state index in [1.807, 2.05) is 31.2 Å². The van der Waals surface area contributed by atoms with E-state index in [0.29, 0.717) is 10.6 Å².